The van der Waals surface area contributed by atoms with Crippen LogP contribution in [-0.2, 0) is 0 Å². The number of halogens is 1. The van der Waals surface area contributed by atoms with Crippen LogP contribution < -0.4 is 10.1 Å². The fraction of sp³-hybridized carbons (Fsp3) is 0.571. The summed E-state index contributed by atoms with van der Waals surface area (Å²) in [4.78, 5) is 0. The first-order valence-corrected chi connectivity index (χ1v) is 6.25. The summed E-state index contributed by atoms with van der Waals surface area (Å²) in [6.07, 6.45) is 1.18. The summed E-state index contributed by atoms with van der Waals surface area (Å²) in [7, 11) is 1.60. The van der Waals surface area contributed by atoms with Gasteiger partial charge in [0.25, 0.3) is 0 Å². The molecule has 1 N–H and O–H groups in total. The summed E-state index contributed by atoms with van der Waals surface area (Å²) in [6, 6.07) is 5.85. The van der Waals surface area contributed by atoms with Gasteiger partial charge in [0.1, 0.15) is 11.9 Å². The van der Waals surface area contributed by atoms with E-state index in [2.05, 4.69) is 5.32 Å². The van der Waals surface area contributed by atoms with Gasteiger partial charge in [-0.25, -0.2) is 4.39 Å². The Bertz CT molecular complexity index is 372. The second kappa shape index (κ2) is 5.50. The molecule has 0 amide bonds. The molecule has 1 saturated heterocycles. The number of piperidine rings is 1. The summed E-state index contributed by atoms with van der Waals surface area (Å²) in [5.41, 5.74) is 1.86. The van der Waals surface area contributed by atoms with Crippen LogP contribution in [0.2, 0.25) is 0 Å². The lowest BCUT2D eigenvalue weighted by Gasteiger charge is -2.26. The standard InChI is InChI=1S/C14H20FNO/c1-10(15)14-12(4-3-5-13(14)17-2)11-6-8-16-9-7-11/h3-5,10-11,16H,6-9H2,1-2H3. The summed E-state index contributed by atoms with van der Waals surface area (Å²) in [6.45, 7) is 3.62. The minimum absolute atomic E-state index is 0.458. The Labute approximate surface area is 102 Å². The van der Waals surface area contributed by atoms with Crippen LogP contribution in [0.25, 0.3) is 0 Å². The van der Waals surface area contributed by atoms with Crippen LogP contribution in [0.4, 0.5) is 4.39 Å². The normalized spacial score (nSPS) is 19.0. The summed E-state index contributed by atoms with van der Waals surface area (Å²) in [5.74, 6) is 1.13. The zero-order valence-electron chi connectivity index (χ0n) is 10.5. The molecule has 1 heterocycles. The lowest BCUT2D eigenvalue weighted by atomic mass is 9.85. The van der Waals surface area contributed by atoms with Crippen LogP contribution >= 0.6 is 0 Å². The van der Waals surface area contributed by atoms with E-state index in [1.54, 1.807) is 14.0 Å². The van der Waals surface area contributed by atoms with Crippen LogP contribution in [0, 0.1) is 0 Å². The Morgan fingerprint density at radius 2 is 2.06 bits per heavy atom. The third kappa shape index (κ3) is 2.60. The molecule has 0 aliphatic carbocycles. The van der Waals surface area contributed by atoms with Crippen molar-refractivity contribution < 1.29 is 9.13 Å². The molecule has 1 unspecified atom stereocenters. The highest BCUT2D eigenvalue weighted by Gasteiger charge is 2.23. The minimum atomic E-state index is -0.976. The van der Waals surface area contributed by atoms with E-state index in [9.17, 15) is 4.39 Å². The predicted octanol–water partition coefficient (Wildman–Crippen LogP) is 3.19. The van der Waals surface area contributed by atoms with Gasteiger partial charge in [-0.1, -0.05) is 12.1 Å². The molecule has 17 heavy (non-hydrogen) atoms. The van der Waals surface area contributed by atoms with Crippen molar-refractivity contribution in [3.05, 3.63) is 29.3 Å². The van der Waals surface area contributed by atoms with Crippen molar-refractivity contribution in [2.45, 2.75) is 31.9 Å². The first kappa shape index (κ1) is 12.4. The van der Waals surface area contributed by atoms with Gasteiger partial charge in [0, 0.05) is 5.56 Å². The zero-order valence-corrected chi connectivity index (χ0v) is 10.5. The first-order valence-electron chi connectivity index (χ1n) is 6.25. The van der Waals surface area contributed by atoms with Gasteiger partial charge in [-0.05, 0) is 50.4 Å². The quantitative estimate of drug-likeness (QED) is 0.871. The zero-order chi connectivity index (χ0) is 12.3. The summed E-state index contributed by atoms with van der Waals surface area (Å²) in [5, 5.41) is 3.34. The van der Waals surface area contributed by atoms with E-state index >= 15 is 0 Å². The Hall–Kier alpha value is -1.09. The molecular weight excluding hydrogens is 217 g/mol. The molecule has 0 spiro atoms. The van der Waals surface area contributed by atoms with Gasteiger partial charge in [-0.3, -0.25) is 0 Å². The molecule has 3 heteroatoms. The number of hydrogen-bond acceptors (Lipinski definition) is 2. The number of rotatable bonds is 3. The number of hydrogen-bond donors (Lipinski definition) is 1. The van der Waals surface area contributed by atoms with Crippen molar-refractivity contribution in [1.29, 1.82) is 0 Å². The maximum Gasteiger partial charge on any atom is 0.126 e. The Morgan fingerprint density at radius 3 is 2.65 bits per heavy atom. The molecule has 1 aliphatic rings. The molecule has 2 rings (SSSR count). The van der Waals surface area contributed by atoms with Crippen molar-refractivity contribution in [2.75, 3.05) is 20.2 Å². The lowest BCUT2D eigenvalue weighted by Crippen LogP contribution is -2.27. The highest BCUT2D eigenvalue weighted by Crippen LogP contribution is 2.37. The summed E-state index contributed by atoms with van der Waals surface area (Å²) < 4.78 is 19.1. The van der Waals surface area contributed by atoms with Crippen LogP contribution in [-0.4, -0.2) is 20.2 Å². The maximum atomic E-state index is 13.8. The second-order valence-electron chi connectivity index (χ2n) is 4.60. The monoisotopic (exact) mass is 237 g/mol. The Kier molecular flexibility index (Phi) is 4.00. The lowest BCUT2D eigenvalue weighted by molar-refractivity contribution is 0.339. The fourth-order valence-electron chi connectivity index (χ4n) is 2.65. The van der Waals surface area contributed by atoms with E-state index in [0.29, 0.717) is 11.7 Å². The molecule has 1 aromatic carbocycles. The third-order valence-corrected chi connectivity index (χ3v) is 3.50. The topological polar surface area (TPSA) is 21.3 Å². The number of alkyl halides is 1. The highest BCUT2D eigenvalue weighted by atomic mass is 19.1. The van der Waals surface area contributed by atoms with Crippen LogP contribution in [0.15, 0.2) is 18.2 Å². The molecule has 94 valence electrons. The number of ether oxygens (including phenoxy) is 1. The molecule has 1 atom stereocenters. The molecule has 1 aliphatic heterocycles. The van der Waals surface area contributed by atoms with Crippen molar-refractivity contribution in [3.8, 4) is 5.75 Å². The molecule has 0 radical (unpaired) electrons. The van der Waals surface area contributed by atoms with Crippen molar-refractivity contribution in [1.82, 2.24) is 5.32 Å². The van der Waals surface area contributed by atoms with Crippen molar-refractivity contribution >= 4 is 0 Å². The number of methoxy groups -OCH3 is 1. The van der Waals surface area contributed by atoms with Gasteiger partial charge in [0.15, 0.2) is 0 Å². The SMILES string of the molecule is COc1cccc(C2CCNCC2)c1C(C)F. The average Bonchev–Trinajstić information content (AvgIpc) is 2.38. The average molecular weight is 237 g/mol. The van der Waals surface area contributed by atoms with E-state index in [-0.39, 0.29) is 0 Å². The van der Waals surface area contributed by atoms with Gasteiger partial charge in [-0.2, -0.15) is 0 Å². The molecule has 0 bridgehead atoms. The van der Waals surface area contributed by atoms with Crippen LogP contribution in [0.3, 0.4) is 0 Å². The van der Waals surface area contributed by atoms with Gasteiger partial charge in [0.2, 0.25) is 0 Å². The maximum absolute atomic E-state index is 13.8. The molecular formula is C14H20FNO. The largest absolute Gasteiger partial charge is 0.496 e. The number of benzene rings is 1. The first-order chi connectivity index (χ1) is 8.24. The van der Waals surface area contributed by atoms with Crippen LogP contribution in [0.1, 0.15) is 43.0 Å². The predicted molar refractivity (Wildman–Crippen MR) is 67.4 cm³/mol. The van der Waals surface area contributed by atoms with E-state index in [1.165, 1.54) is 0 Å². The Balaban J connectivity index is 2.37. The van der Waals surface area contributed by atoms with Crippen molar-refractivity contribution in [2.24, 2.45) is 0 Å². The van der Waals surface area contributed by atoms with Gasteiger partial charge < -0.3 is 10.1 Å². The number of nitrogens with one attached hydrogen (secondary N) is 1. The minimum Gasteiger partial charge on any atom is -0.496 e. The molecule has 1 aromatic rings. The second-order valence-corrected chi connectivity index (χ2v) is 4.60. The Morgan fingerprint density at radius 1 is 1.35 bits per heavy atom. The van der Waals surface area contributed by atoms with E-state index in [0.717, 1.165) is 37.1 Å². The fourth-order valence-corrected chi connectivity index (χ4v) is 2.65. The summed E-state index contributed by atoms with van der Waals surface area (Å²) >= 11 is 0. The third-order valence-electron chi connectivity index (χ3n) is 3.50. The smallest absolute Gasteiger partial charge is 0.126 e. The highest BCUT2D eigenvalue weighted by molar-refractivity contribution is 5.43. The van der Waals surface area contributed by atoms with E-state index in [1.807, 2.05) is 18.2 Å². The van der Waals surface area contributed by atoms with Crippen LogP contribution in [0.5, 0.6) is 5.75 Å². The molecule has 1 fully saturated rings. The molecule has 2 nitrogen and oxygen atoms in total. The van der Waals surface area contributed by atoms with Gasteiger partial charge in [0.05, 0.1) is 7.11 Å². The molecule has 0 saturated carbocycles. The van der Waals surface area contributed by atoms with E-state index in [4.69, 9.17) is 4.74 Å². The van der Waals surface area contributed by atoms with Gasteiger partial charge >= 0.3 is 0 Å². The van der Waals surface area contributed by atoms with Crippen molar-refractivity contribution in [3.63, 3.8) is 0 Å². The van der Waals surface area contributed by atoms with E-state index < -0.39 is 6.17 Å². The molecule has 0 aromatic heterocycles. The van der Waals surface area contributed by atoms with Gasteiger partial charge in [-0.15, -0.1) is 0 Å².